The number of benzene rings is 2. The van der Waals surface area contributed by atoms with Gasteiger partial charge < -0.3 is 34.0 Å². The minimum absolute atomic E-state index is 0.0348. The van der Waals surface area contributed by atoms with Gasteiger partial charge in [-0.15, -0.1) is 0 Å². The first kappa shape index (κ1) is 31.4. The lowest BCUT2D eigenvalue weighted by Crippen LogP contribution is -2.19. The number of hydrogen-bond donors (Lipinski definition) is 1. The Balaban J connectivity index is 1.28. The van der Waals surface area contributed by atoms with Crippen LogP contribution >= 0.6 is 7.60 Å². The maximum Gasteiger partial charge on any atom is 0.510 e. The zero-order chi connectivity index (χ0) is 30.5. The molecule has 0 unspecified atom stereocenters. The Kier molecular flexibility index (Phi) is 11.4. The zero-order valence-electron chi connectivity index (χ0n) is 23.1. The predicted molar refractivity (Wildman–Crippen MR) is 150 cm³/mol. The number of aromatic nitrogens is 4. The largest absolute Gasteiger partial charge is 0.510 e. The number of anilines is 1. The van der Waals surface area contributed by atoms with Crippen LogP contribution in [0.2, 0.25) is 0 Å². The molecule has 0 aliphatic heterocycles. The van der Waals surface area contributed by atoms with E-state index in [0.29, 0.717) is 11.2 Å². The number of nitrogen functional groups attached to an aromatic ring is 1. The van der Waals surface area contributed by atoms with Crippen LogP contribution in [0.15, 0.2) is 73.3 Å². The second-order valence-corrected chi connectivity index (χ2v) is 10.9. The maximum atomic E-state index is 13.4. The van der Waals surface area contributed by atoms with E-state index < -0.39 is 45.9 Å². The molecule has 2 aromatic carbocycles. The Hall–Kier alpha value is -4.56. The third kappa shape index (κ3) is 10.0. The third-order valence-corrected chi connectivity index (χ3v) is 7.11. The van der Waals surface area contributed by atoms with Crippen molar-refractivity contribution in [1.82, 2.24) is 19.5 Å². The molecule has 16 heteroatoms. The molecule has 0 saturated carbocycles. The maximum absolute atomic E-state index is 13.4. The van der Waals surface area contributed by atoms with Crippen molar-refractivity contribution in [1.29, 1.82) is 0 Å². The van der Waals surface area contributed by atoms with Crippen LogP contribution in [0, 0.1) is 0 Å². The molecule has 1 atom stereocenters. The Bertz CT molecular complexity index is 1460. The van der Waals surface area contributed by atoms with Gasteiger partial charge in [-0.3, -0.25) is 13.6 Å². The molecule has 0 spiro atoms. The Morgan fingerprint density at radius 1 is 0.837 bits per heavy atom. The van der Waals surface area contributed by atoms with Crippen LogP contribution in [0.5, 0.6) is 0 Å². The molecule has 43 heavy (non-hydrogen) atoms. The molecule has 228 valence electrons. The average Bonchev–Trinajstić information content (AvgIpc) is 3.43. The third-order valence-electron chi connectivity index (χ3n) is 5.65. The fourth-order valence-corrected chi connectivity index (χ4v) is 4.61. The van der Waals surface area contributed by atoms with E-state index in [2.05, 4.69) is 15.0 Å². The Labute approximate surface area is 246 Å². The molecule has 15 nitrogen and oxygen atoms in total. The first-order chi connectivity index (χ1) is 20.8. The lowest BCUT2D eigenvalue weighted by Gasteiger charge is -2.21. The fourth-order valence-electron chi connectivity index (χ4n) is 3.52. The zero-order valence-corrected chi connectivity index (χ0v) is 24.0. The van der Waals surface area contributed by atoms with Gasteiger partial charge in [-0.25, -0.2) is 24.5 Å². The van der Waals surface area contributed by atoms with E-state index in [1.54, 1.807) is 60.0 Å². The number of carbonyl (C=O) groups excluding carboxylic acids is 2. The Morgan fingerprint density at radius 3 is 1.95 bits per heavy atom. The van der Waals surface area contributed by atoms with Crippen LogP contribution in [0.3, 0.4) is 0 Å². The van der Waals surface area contributed by atoms with Gasteiger partial charge in [0.15, 0.2) is 11.5 Å². The highest BCUT2D eigenvalue weighted by Crippen LogP contribution is 2.48. The first-order valence-corrected chi connectivity index (χ1v) is 14.6. The molecule has 2 N–H and O–H groups in total. The van der Waals surface area contributed by atoms with Crippen molar-refractivity contribution in [2.45, 2.75) is 32.8 Å². The highest BCUT2D eigenvalue weighted by molar-refractivity contribution is 7.53. The summed E-state index contributed by atoms with van der Waals surface area (Å²) < 4.78 is 51.0. The van der Waals surface area contributed by atoms with Crippen LogP contribution < -0.4 is 5.73 Å². The van der Waals surface area contributed by atoms with Gasteiger partial charge in [0.1, 0.15) is 31.4 Å². The van der Waals surface area contributed by atoms with E-state index in [-0.39, 0.29) is 25.6 Å². The molecule has 4 rings (SSSR count). The van der Waals surface area contributed by atoms with Gasteiger partial charge in [0.05, 0.1) is 19.0 Å². The molecular weight excluding hydrogens is 585 g/mol. The van der Waals surface area contributed by atoms with Crippen LogP contribution in [0.4, 0.5) is 15.4 Å². The number of nitrogens with zero attached hydrogens (tertiary/aromatic N) is 4. The fraction of sp³-hybridized carbons (Fsp3) is 0.296. The molecule has 0 aliphatic rings. The second kappa shape index (κ2) is 15.6. The summed E-state index contributed by atoms with van der Waals surface area (Å²) >= 11 is 0. The van der Waals surface area contributed by atoms with Crippen molar-refractivity contribution in [3.8, 4) is 0 Å². The lowest BCUT2D eigenvalue weighted by molar-refractivity contribution is -0.0314. The first-order valence-electron chi connectivity index (χ1n) is 12.9. The quantitative estimate of drug-likeness (QED) is 0.111. The smallest absolute Gasteiger partial charge is 0.429 e. The van der Waals surface area contributed by atoms with Crippen LogP contribution in [-0.4, -0.2) is 57.9 Å². The van der Waals surface area contributed by atoms with E-state index in [4.69, 9.17) is 38.5 Å². The van der Waals surface area contributed by atoms with Crippen molar-refractivity contribution >= 4 is 36.9 Å². The number of carbonyl (C=O) groups is 2. The molecule has 4 aromatic rings. The minimum Gasteiger partial charge on any atom is -0.429 e. The van der Waals surface area contributed by atoms with Gasteiger partial charge in [-0.1, -0.05) is 60.7 Å². The molecule has 0 amide bonds. The SMILES string of the molecule is C[C@@H](Cn1cnc2c(N)ncnc21)OCP(=O)(OCOC(=O)OCc1ccccc1)OCOC(=O)OCc1ccccc1. The standard InChI is InChI=1S/C27H30N5O10P/c1-20(12-32-16-31-23-24(28)29-15-30-25(23)32)40-19-43(35,41-17-38-26(33)36-13-21-8-4-2-5-9-21)42-18-39-27(34)37-14-22-10-6-3-7-11-22/h2-11,15-16,20H,12-14,17-19H2,1H3,(H2,28,29,30)/t20-/m0/s1. The highest BCUT2D eigenvalue weighted by atomic mass is 31.2. The van der Waals surface area contributed by atoms with Crippen molar-refractivity contribution in [3.63, 3.8) is 0 Å². The summed E-state index contributed by atoms with van der Waals surface area (Å²) in [5, 5.41) is 0. The number of imidazole rings is 1. The molecule has 2 aromatic heterocycles. The van der Waals surface area contributed by atoms with Gasteiger partial charge in [-0.2, -0.15) is 0 Å². The summed E-state index contributed by atoms with van der Waals surface area (Å²) in [5.41, 5.74) is 8.24. The van der Waals surface area contributed by atoms with Gasteiger partial charge in [0, 0.05) is 0 Å². The van der Waals surface area contributed by atoms with Gasteiger partial charge in [0.25, 0.3) is 0 Å². The average molecular weight is 616 g/mol. The van der Waals surface area contributed by atoms with Gasteiger partial charge >= 0.3 is 19.9 Å². The summed E-state index contributed by atoms with van der Waals surface area (Å²) in [7, 11) is -4.14. The normalized spacial score (nSPS) is 12.0. The van der Waals surface area contributed by atoms with E-state index in [0.717, 1.165) is 11.1 Å². The van der Waals surface area contributed by atoms with Crippen molar-refractivity contribution in [2.24, 2.45) is 0 Å². The van der Waals surface area contributed by atoms with Crippen molar-refractivity contribution in [3.05, 3.63) is 84.4 Å². The second-order valence-electron chi connectivity index (χ2n) is 8.88. The number of ether oxygens (including phenoxy) is 5. The summed E-state index contributed by atoms with van der Waals surface area (Å²) in [6.07, 6.45) is -0.415. The van der Waals surface area contributed by atoms with E-state index in [1.165, 1.54) is 12.7 Å². The van der Waals surface area contributed by atoms with Gasteiger partial charge in [0.2, 0.25) is 13.6 Å². The van der Waals surface area contributed by atoms with Crippen LogP contribution in [0.1, 0.15) is 18.1 Å². The molecule has 0 aliphatic carbocycles. The number of fused-ring (bicyclic) bond motifs is 1. The number of hydrogen-bond acceptors (Lipinski definition) is 14. The van der Waals surface area contributed by atoms with Crippen LogP contribution in [0.25, 0.3) is 11.2 Å². The van der Waals surface area contributed by atoms with E-state index in [1.807, 2.05) is 12.1 Å². The molecule has 0 radical (unpaired) electrons. The van der Waals surface area contributed by atoms with Crippen molar-refractivity contribution < 1.29 is 46.9 Å². The number of rotatable bonds is 15. The van der Waals surface area contributed by atoms with Gasteiger partial charge in [-0.05, 0) is 18.1 Å². The predicted octanol–water partition coefficient (Wildman–Crippen LogP) is 4.62. The molecular formula is C27H30N5O10P. The summed E-state index contributed by atoms with van der Waals surface area (Å²) in [4.78, 5) is 36.2. The number of nitrogens with two attached hydrogens (primary N) is 1. The summed E-state index contributed by atoms with van der Waals surface area (Å²) in [5.74, 6) is 0.230. The molecule has 0 bridgehead atoms. The molecule has 0 fully saturated rings. The summed E-state index contributed by atoms with van der Waals surface area (Å²) in [6, 6.07) is 17.9. The van der Waals surface area contributed by atoms with E-state index in [9.17, 15) is 14.2 Å². The van der Waals surface area contributed by atoms with Crippen molar-refractivity contribution in [2.75, 3.05) is 25.7 Å². The summed E-state index contributed by atoms with van der Waals surface area (Å²) in [6.45, 7) is 0.305. The monoisotopic (exact) mass is 615 g/mol. The Morgan fingerprint density at radius 2 is 1.40 bits per heavy atom. The highest BCUT2D eigenvalue weighted by Gasteiger charge is 2.29. The molecule has 2 heterocycles. The van der Waals surface area contributed by atoms with E-state index >= 15 is 0 Å². The lowest BCUT2D eigenvalue weighted by atomic mass is 10.2. The van der Waals surface area contributed by atoms with Crippen LogP contribution in [-0.2, 0) is 57.1 Å². The molecule has 0 saturated heterocycles. The topological polar surface area (TPSA) is 185 Å². The minimum atomic E-state index is -4.14.